The Bertz CT molecular complexity index is 2200. The van der Waals surface area contributed by atoms with E-state index in [1.54, 1.807) is 0 Å². The van der Waals surface area contributed by atoms with Gasteiger partial charge in [0, 0.05) is 46.3 Å². The van der Waals surface area contributed by atoms with Gasteiger partial charge in [0.05, 0.1) is 24.0 Å². The van der Waals surface area contributed by atoms with Crippen molar-refractivity contribution in [2.75, 3.05) is 7.05 Å². The molecule has 3 aliphatic rings. The van der Waals surface area contributed by atoms with Crippen molar-refractivity contribution in [2.24, 2.45) is 0 Å². The van der Waals surface area contributed by atoms with Crippen molar-refractivity contribution in [1.82, 2.24) is 14.0 Å². The van der Waals surface area contributed by atoms with Crippen LogP contribution < -0.4 is 4.48 Å². The molecule has 3 heteroatoms. The monoisotopic (exact) mass is 638 g/mol. The third-order valence-corrected chi connectivity index (χ3v) is 10.8. The zero-order valence-electron chi connectivity index (χ0n) is 28.5. The van der Waals surface area contributed by atoms with Crippen molar-refractivity contribution in [3.8, 4) is 16.9 Å². The van der Waals surface area contributed by atoms with E-state index in [0.717, 1.165) is 59.2 Å². The quantitative estimate of drug-likeness (QED) is 0.175. The Morgan fingerprint density at radius 3 is 2.63 bits per heavy atom. The molecule has 0 N–H and O–H groups in total. The van der Waals surface area contributed by atoms with Crippen molar-refractivity contribution in [3.05, 3.63) is 174 Å². The standard InChI is InChI=1S/C46H44N3/c1-34-17-5-3-6-19-36-20-10-14-30-46(36)49(34,2)40-24-11-9-18-35(32-40)31-38-22-16-27-43(47-38)37-21-15-23-39(33-37)48-44-28-8-4-7-25-41(44)42-26-12-13-29-45(42)48/h3,5-10,12-18,20-23,25-30,32-34,40H,4,11,19,24,31H2,1-2H3/q+1/b6-3-,17-5-. The Kier molecular flexibility index (Phi) is 8.45. The first kappa shape index (κ1) is 31.0. The van der Waals surface area contributed by atoms with E-state index in [4.69, 9.17) is 4.98 Å². The number of pyridine rings is 1. The smallest absolute Gasteiger partial charge is 0.137 e. The summed E-state index contributed by atoms with van der Waals surface area (Å²) in [5.74, 6) is 0. The number of quaternary nitrogens is 1. The normalized spacial score (nSPS) is 22.9. The van der Waals surface area contributed by atoms with Crippen LogP contribution in [0.25, 0.3) is 40.0 Å². The summed E-state index contributed by atoms with van der Waals surface area (Å²) in [7, 11) is 2.44. The predicted molar refractivity (Wildman–Crippen MR) is 209 cm³/mol. The molecule has 3 unspecified atom stereocenters. The summed E-state index contributed by atoms with van der Waals surface area (Å²) in [4.78, 5) is 5.27. The van der Waals surface area contributed by atoms with Crippen molar-refractivity contribution in [1.29, 1.82) is 0 Å². The van der Waals surface area contributed by atoms with Crippen LogP contribution in [0.3, 0.4) is 0 Å². The Balaban J connectivity index is 1.13. The summed E-state index contributed by atoms with van der Waals surface area (Å²) in [5, 5.41) is 1.28. The minimum absolute atomic E-state index is 0.331. The van der Waals surface area contributed by atoms with Gasteiger partial charge in [-0.1, -0.05) is 103 Å². The molecule has 8 rings (SSSR count). The number of hydrogen-bond acceptors (Lipinski definition) is 1. The average molecular weight is 639 g/mol. The number of para-hydroxylation sites is 2. The highest BCUT2D eigenvalue weighted by atomic mass is 15.4. The van der Waals surface area contributed by atoms with Gasteiger partial charge in [-0.15, -0.1) is 0 Å². The van der Waals surface area contributed by atoms with Crippen LogP contribution >= 0.6 is 0 Å². The SMILES string of the molecule is CC1/C=C\C=C/Cc2ccccc2[N+]1(C)C1C=C(Cc2cccc(-c3cccc(-n4c5c(c6ccccc64)C=CCC=C5)c3)n2)C=CCC1. The Morgan fingerprint density at radius 1 is 0.816 bits per heavy atom. The van der Waals surface area contributed by atoms with Crippen LogP contribution in [0.15, 0.2) is 151 Å². The van der Waals surface area contributed by atoms with E-state index in [0.29, 0.717) is 12.1 Å². The number of benzene rings is 3. The summed E-state index contributed by atoms with van der Waals surface area (Å²) in [6.45, 7) is 2.37. The van der Waals surface area contributed by atoms with E-state index >= 15 is 0 Å². The molecule has 1 aliphatic heterocycles. The molecule has 2 aliphatic carbocycles. The third kappa shape index (κ3) is 5.89. The fraction of sp³-hybridized carbons (Fsp3) is 0.196. The maximum atomic E-state index is 5.27. The molecule has 0 spiro atoms. The van der Waals surface area contributed by atoms with Crippen LogP contribution in [0.4, 0.5) is 5.69 Å². The van der Waals surface area contributed by atoms with E-state index in [9.17, 15) is 0 Å². The lowest BCUT2D eigenvalue weighted by Crippen LogP contribution is -2.58. The average Bonchev–Trinajstić information content (AvgIpc) is 3.30. The molecule has 3 aromatic carbocycles. The molecular formula is C46H44N3+. The molecular weight excluding hydrogens is 595 g/mol. The van der Waals surface area contributed by atoms with Gasteiger partial charge in [-0.05, 0) is 86.4 Å². The van der Waals surface area contributed by atoms with Crippen LogP contribution in [-0.4, -0.2) is 28.7 Å². The zero-order valence-corrected chi connectivity index (χ0v) is 28.5. The summed E-state index contributed by atoms with van der Waals surface area (Å²) in [5.41, 5.74) is 12.3. The second-order valence-corrected chi connectivity index (χ2v) is 13.8. The van der Waals surface area contributed by atoms with Gasteiger partial charge in [0.2, 0.25) is 0 Å². The van der Waals surface area contributed by atoms with Gasteiger partial charge in [0.15, 0.2) is 0 Å². The summed E-state index contributed by atoms with van der Waals surface area (Å²) in [6, 6.07) is 33.8. The Labute approximate surface area is 290 Å². The largest absolute Gasteiger partial charge is 0.309 e. The third-order valence-electron chi connectivity index (χ3n) is 10.8. The van der Waals surface area contributed by atoms with Crippen molar-refractivity contribution in [3.63, 3.8) is 0 Å². The van der Waals surface area contributed by atoms with E-state index in [-0.39, 0.29) is 0 Å². The summed E-state index contributed by atoms with van der Waals surface area (Å²) >= 11 is 0. The minimum atomic E-state index is 0.331. The van der Waals surface area contributed by atoms with Crippen molar-refractivity contribution in [2.45, 2.75) is 51.1 Å². The lowest BCUT2D eigenvalue weighted by atomic mass is 9.97. The summed E-state index contributed by atoms with van der Waals surface area (Å²) < 4.78 is 3.26. The highest BCUT2D eigenvalue weighted by Gasteiger charge is 2.39. The molecule has 5 aromatic rings. The van der Waals surface area contributed by atoms with Crippen LogP contribution in [0.2, 0.25) is 0 Å². The number of likely N-dealkylation sites (N-methyl/N-ethyl adjacent to an activating group) is 1. The number of fused-ring (bicyclic) bond motifs is 4. The fourth-order valence-electron chi connectivity index (χ4n) is 8.06. The molecule has 242 valence electrons. The first-order valence-corrected chi connectivity index (χ1v) is 17.8. The van der Waals surface area contributed by atoms with Crippen LogP contribution in [-0.2, 0) is 12.8 Å². The van der Waals surface area contributed by atoms with Gasteiger partial charge in [-0.3, -0.25) is 9.47 Å². The molecule has 49 heavy (non-hydrogen) atoms. The molecule has 0 fully saturated rings. The van der Waals surface area contributed by atoms with Gasteiger partial charge in [0.1, 0.15) is 17.8 Å². The van der Waals surface area contributed by atoms with Gasteiger partial charge < -0.3 is 4.57 Å². The topological polar surface area (TPSA) is 17.8 Å². The van der Waals surface area contributed by atoms with Crippen molar-refractivity contribution >= 4 is 28.7 Å². The first-order chi connectivity index (χ1) is 24.1. The van der Waals surface area contributed by atoms with Gasteiger partial charge in [-0.25, -0.2) is 0 Å². The number of hydrogen-bond donors (Lipinski definition) is 0. The molecule has 2 aromatic heterocycles. The highest BCUT2D eigenvalue weighted by molar-refractivity contribution is 5.96. The Morgan fingerprint density at radius 2 is 1.67 bits per heavy atom. The molecule has 3 heterocycles. The van der Waals surface area contributed by atoms with Crippen LogP contribution in [0.5, 0.6) is 0 Å². The van der Waals surface area contributed by atoms with Crippen LogP contribution in [0, 0.1) is 0 Å². The predicted octanol–water partition coefficient (Wildman–Crippen LogP) is 11.0. The fourth-order valence-corrected chi connectivity index (χ4v) is 8.06. The van der Waals surface area contributed by atoms with Crippen molar-refractivity contribution < 1.29 is 0 Å². The second kappa shape index (κ2) is 13.3. The van der Waals surface area contributed by atoms with Gasteiger partial charge >= 0.3 is 0 Å². The molecule has 0 saturated carbocycles. The molecule has 3 atom stereocenters. The van der Waals surface area contributed by atoms with E-state index in [1.165, 1.54) is 39.0 Å². The Hall–Kier alpha value is -5.25. The maximum Gasteiger partial charge on any atom is 0.137 e. The lowest BCUT2D eigenvalue weighted by Gasteiger charge is -2.44. The van der Waals surface area contributed by atoms with Gasteiger partial charge in [-0.2, -0.15) is 0 Å². The summed E-state index contributed by atoms with van der Waals surface area (Å²) in [6.07, 6.45) is 30.3. The van der Waals surface area contributed by atoms with E-state index in [1.807, 2.05) is 0 Å². The molecule has 3 nitrogen and oxygen atoms in total. The van der Waals surface area contributed by atoms with E-state index in [2.05, 4.69) is 176 Å². The van der Waals surface area contributed by atoms with E-state index < -0.39 is 0 Å². The minimum Gasteiger partial charge on any atom is -0.309 e. The highest BCUT2D eigenvalue weighted by Crippen LogP contribution is 2.37. The first-order valence-electron chi connectivity index (χ1n) is 17.8. The molecule has 0 bridgehead atoms. The second-order valence-electron chi connectivity index (χ2n) is 13.8. The molecule has 0 amide bonds. The van der Waals surface area contributed by atoms with Gasteiger partial charge in [0.25, 0.3) is 0 Å². The number of rotatable bonds is 5. The maximum absolute atomic E-state index is 5.27. The number of aromatic nitrogens is 2. The number of allylic oxidation sites excluding steroid dienone is 8. The zero-order chi connectivity index (χ0) is 33.2. The lowest BCUT2D eigenvalue weighted by molar-refractivity contribution is 0.237. The van der Waals surface area contributed by atoms with Crippen LogP contribution in [0.1, 0.15) is 48.7 Å². The molecule has 0 radical (unpaired) electrons. The molecule has 0 saturated heterocycles. The number of nitrogens with zero attached hydrogens (tertiary/aromatic N) is 3.